The third-order valence-corrected chi connectivity index (χ3v) is 3.29. The van der Waals surface area contributed by atoms with Gasteiger partial charge in [0, 0.05) is 0 Å². The average molecular weight is 214 g/mol. The highest BCUT2D eigenvalue weighted by atomic mass is 16.5. The zero-order chi connectivity index (χ0) is 11.1. The number of rotatable bonds is 5. The van der Waals surface area contributed by atoms with Crippen molar-refractivity contribution in [3.05, 3.63) is 0 Å². The fourth-order valence-electron chi connectivity index (χ4n) is 2.33. The monoisotopic (exact) mass is 214 g/mol. The van der Waals surface area contributed by atoms with Gasteiger partial charge in [0.25, 0.3) is 0 Å². The van der Waals surface area contributed by atoms with Crippen LogP contribution in [-0.4, -0.2) is 24.3 Å². The highest BCUT2D eigenvalue weighted by Crippen LogP contribution is 2.27. The van der Waals surface area contributed by atoms with E-state index in [1.165, 1.54) is 39.2 Å². The minimum atomic E-state index is -0.918. The number of carbonyl (C=O) groups excluding carboxylic acids is 1. The molecule has 1 aliphatic rings. The van der Waals surface area contributed by atoms with Crippen LogP contribution in [0.25, 0.3) is 0 Å². The van der Waals surface area contributed by atoms with Crippen molar-refractivity contribution in [1.82, 2.24) is 0 Å². The molecule has 0 aromatic heterocycles. The molecule has 3 nitrogen and oxygen atoms in total. The summed E-state index contributed by atoms with van der Waals surface area (Å²) >= 11 is 0. The molecule has 0 aromatic rings. The van der Waals surface area contributed by atoms with Gasteiger partial charge < -0.3 is 9.84 Å². The van der Waals surface area contributed by atoms with Crippen LogP contribution in [-0.2, 0) is 9.53 Å². The molecular formula is C12H22O3. The van der Waals surface area contributed by atoms with Crippen LogP contribution < -0.4 is 0 Å². The van der Waals surface area contributed by atoms with Crippen molar-refractivity contribution < 1.29 is 14.6 Å². The summed E-state index contributed by atoms with van der Waals surface area (Å²) in [7, 11) is 1.31. The molecule has 0 spiro atoms. The molecule has 3 heteroatoms. The second kappa shape index (κ2) is 6.83. The minimum Gasteiger partial charge on any atom is -0.467 e. The average Bonchev–Trinajstić information content (AvgIpc) is 2.29. The third kappa shape index (κ3) is 4.65. The smallest absolute Gasteiger partial charge is 0.334 e. The summed E-state index contributed by atoms with van der Waals surface area (Å²) < 4.78 is 4.47. The van der Waals surface area contributed by atoms with Gasteiger partial charge in [0.15, 0.2) is 6.10 Å². The maximum atomic E-state index is 10.9. The van der Waals surface area contributed by atoms with E-state index in [0.717, 1.165) is 18.8 Å². The molecule has 88 valence electrons. The van der Waals surface area contributed by atoms with Crippen molar-refractivity contribution in [2.24, 2.45) is 5.92 Å². The van der Waals surface area contributed by atoms with Crippen molar-refractivity contribution in [3.8, 4) is 0 Å². The summed E-state index contributed by atoms with van der Waals surface area (Å²) in [5.41, 5.74) is 0. The van der Waals surface area contributed by atoms with E-state index < -0.39 is 12.1 Å². The number of aliphatic hydroxyl groups excluding tert-OH is 1. The molecule has 1 atom stereocenters. The van der Waals surface area contributed by atoms with Gasteiger partial charge in [-0.15, -0.1) is 0 Å². The second-order valence-corrected chi connectivity index (χ2v) is 4.47. The van der Waals surface area contributed by atoms with Gasteiger partial charge >= 0.3 is 5.97 Å². The number of aliphatic hydroxyl groups is 1. The van der Waals surface area contributed by atoms with E-state index in [2.05, 4.69) is 4.74 Å². The molecule has 0 heterocycles. The first-order valence-corrected chi connectivity index (χ1v) is 6.00. The highest BCUT2D eigenvalue weighted by molar-refractivity contribution is 5.74. The summed E-state index contributed by atoms with van der Waals surface area (Å²) in [6.07, 6.45) is 8.44. The number of methoxy groups -OCH3 is 1. The summed E-state index contributed by atoms with van der Waals surface area (Å²) in [5.74, 6) is 0.322. The molecule has 0 radical (unpaired) electrons. The van der Waals surface area contributed by atoms with Gasteiger partial charge in [-0.3, -0.25) is 0 Å². The number of ether oxygens (including phenoxy) is 1. The lowest BCUT2D eigenvalue weighted by molar-refractivity contribution is -0.150. The van der Waals surface area contributed by atoms with Crippen molar-refractivity contribution >= 4 is 5.97 Å². The van der Waals surface area contributed by atoms with Crippen molar-refractivity contribution in [1.29, 1.82) is 0 Å². The lowest BCUT2D eigenvalue weighted by Gasteiger charge is -2.21. The lowest BCUT2D eigenvalue weighted by atomic mass is 9.85. The molecule has 0 unspecified atom stereocenters. The maximum absolute atomic E-state index is 10.9. The van der Waals surface area contributed by atoms with Gasteiger partial charge in [-0.25, -0.2) is 4.79 Å². The minimum absolute atomic E-state index is 0.501. The molecule has 0 amide bonds. The Balaban J connectivity index is 2.07. The van der Waals surface area contributed by atoms with Crippen LogP contribution in [0.2, 0.25) is 0 Å². The van der Waals surface area contributed by atoms with Crippen LogP contribution in [0.1, 0.15) is 51.4 Å². The van der Waals surface area contributed by atoms with E-state index in [9.17, 15) is 9.90 Å². The first kappa shape index (κ1) is 12.5. The Morgan fingerprint density at radius 3 is 2.67 bits per heavy atom. The highest BCUT2D eigenvalue weighted by Gasteiger charge is 2.17. The Morgan fingerprint density at radius 1 is 1.40 bits per heavy atom. The largest absolute Gasteiger partial charge is 0.467 e. The Bertz CT molecular complexity index is 185. The zero-order valence-corrected chi connectivity index (χ0v) is 9.58. The Labute approximate surface area is 91.8 Å². The van der Waals surface area contributed by atoms with Gasteiger partial charge in [-0.2, -0.15) is 0 Å². The van der Waals surface area contributed by atoms with Crippen LogP contribution in [0, 0.1) is 5.92 Å². The SMILES string of the molecule is COC(=O)[C@H](O)CCCC1CCCCC1. The summed E-state index contributed by atoms with van der Waals surface area (Å²) in [6, 6.07) is 0. The molecule has 0 bridgehead atoms. The number of hydrogen-bond donors (Lipinski definition) is 1. The van der Waals surface area contributed by atoms with E-state index in [-0.39, 0.29) is 0 Å². The number of carbonyl (C=O) groups is 1. The molecule has 15 heavy (non-hydrogen) atoms. The quantitative estimate of drug-likeness (QED) is 0.714. The zero-order valence-electron chi connectivity index (χ0n) is 9.58. The third-order valence-electron chi connectivity index (χ3n) is 3.29. The predicted octanol–water partition coefficient (Wildman–Crippen LogP) is 2.27. The van der Waals surface area contributed by atoms with E-state index in [4.69, 9.17) is 0 Å². The fourth-order valence-corrected chi connectivity index (χ4v) is 2.33. The molecule has 0 saturated heterocycles. The van der Waals surface area contributed by atoms with E-state index >= 15 is 0 Å². The molecular weight excluding hydrogens is 192 g/mol. The van der Waals surface area contributed by atoms with Crippen molar-refractivity contribution in [2.45, 2.75) is 57.5 Å². The standard InChI is InChI=1S/C12H22O3/c1-15-12(14)11(13)9-5-8-10-6-3-2-4-7-10/h10-11,13H,2-9H2,1H3/t11-/m1/s1. The van der Waals surface area contributed by atoms with Crippen LogP contribution in [0.5, 0.6) is 0 Å². The Hall–Kier alpha value is -0.570. The Kier molecular flexibility index (Phi) is 5.69. The molecule has 1 fully saturated rings. The first-order valence-electron chi connectivity index (χ1n) is 6.00. The normalized spacial score (nSPS) is 19.9. The molecule has 0 aliphatic heterocycles. The van der Waals surface area contributed by atoms with Crippen LogP contribution in [0.15, 0.2) is 0 Å². The van der Waals surface area contributed by atoms with E-state index in [0.29, 0.717) is 6.42 Å². The van der Waals surface area contributed by atoms with Crippen LogP contribution in [0.3, 0.4) is 0 Å². The van der Waals surface area contributed by atoms with Gasteiger partial charge in [0.2, 0.25) is 0 Å². The second-order valence-electron chi connectivity index (χ2n) is 4.47. The van der Waals surface area contributed by atoms with Gasteiger partial charge in [0.05, 0.1) is 7.11 Å². The molecule has 1 N–H and O–H groups in total. The fraction of sp³-hybridized carbons (Fsp3) is 0.917. The van der Waals surface area contributed by atoms with Crippen molar-refractivity contribution in [2.75, 3.05) is 7.11 Å². The van der Waals surface area contributed by atoms with E-state index in [1.54, 1.807) is 0 Å². The first-order chi connectivity index (χ1) is 7.24. The molecule has 1 rings (SSSR count). The topological polar surface area (TPSA) is 46.5 Å². The number of esters is 1. The lowest BCUT2D eigenvalue weighted by Crippen LogP contribution is -2.21. The summed E-state index contributed by atoms with van der Waals surface area (Å²) in [5, 5.41) is 9.37. The van der Waals surface area contributed by atoms with Crippen molar-refractivity contribution in [3.63, 3.8) is 0 Å². The van der Waals surface area contributed by atoms with Gasteiger partial charge in [0.1, 0.15) is 0 Å². The summed E-state index contributed by atoms with van der Waals surface area (Å²) in [6.45, 7) is 0. The Morgan fingerprint density at radius 2 is 2.07 bits per heavy atom. The summed E-state index contributed by atoms with van der Waals surface area (Å²) in [4.78, 5) is 10.9. The van der Waals surface area contributed by atoms with Crippen LogP contribution >= 0.6 is 0 Å². The van der Waals surface area contributed by atoms with E-state index in [1.807, 2.05) is 0 Å². The van der Waals surface area contributed by atoms with Gasteiger partial charge in [-0.05, 0) is 18.8 Å². The maximum Gasteiger partial charge on any atom is 0.334 e. The van der Waals surface area contributed by atoms with Gasteiger partial charge in [-0.1, -0.05) is 38.5 Å². The molecule has 1 aliphatic carbocycles. The molecule has 1 saturated carbocycles. The number of hydrogen-bond acceptors (Lipinski definition) is 3. The molecule has 0 aromatic carbocycles. The predicted molar refractivity (Wildman–Crippen MR) is 58.4 cm³/mol. The van der Waals surface area contributed by atoms with Crippen LogP contribution in [0.4, 0.5) is 0 Å².